The second-order valence-electron chi connectivity index (χ2n) is 5.98. The van der Waals surface area contributed by atoms with E-state index in [2.05, 4.69) is 10.2 Å². The summed E-state index contributed by atoms with van der Waals surface area (Å²) >= 11 is 0. The summed E-state index contributed by atoms with van der Waals surface area (Å²) in [4.78, 5) is 29.5. The minimum absolute atomic E-state index is 0.0154. The minimum Gasteiger partial charge on any atom is -0.507 e. The number of halogens is 1. The van der Waals surface area contributed by atoms with Gasteiger partial charge in [-0.05, 0) is 29.8 Å². The van der Waals surface area contributed by atoms with Crippen LogP contribution in [-0.4, -0.2) is 24.0 Å². The van der Waals surface area contributed by atoms with Crippen LogP contribution < -0.4 is 10.2 Å². The zero-order valence-corrected chi connectivity index (χ0v) is 14.5. The molecule has 1 aliphatic heterocycles. The number of nitrogens with one attached hydrogen (secondary N) is 1. The van der Waals surface area contributed by atoms with Gasteiger partial charge in [0.15, 0.2) is 0 Å². The lowest BCUT2D eigenvalue weighted by Crippen LogP contribution is -2.31. The van der Waals surface area contributed by atoms with Crippen molar-refractivity contribution in [2.45, 2.75) is 13.0 Å². The molecule has 1 heterocycles. The van der Waals surface area contributed by atoms with Gasteiger partial charge < -0.3 is 15.3 Å². The number of carbonyl (C=O) groups is 2. The van der Waals surface area contributed by atoms with Gasteiger partial charge in [-0.2, -0.15) is 0 Å². The van der Waals surface area contributed by atoms with Crippen LogP contribution in [0.4, 0.5) is 15.8 Å². The number of aliphatic hydroxyl groups excluding tert-OH is 1. The zero-order valence-electron chi connectivity index (χ0n) is 14.5. The number of rotatable bonds is 3. The molecule has 2 aromatic rings. The molecule has 7 heteroatoms. The molecule has 2 aromatic carbocycles. The van der Waals surface area contributed by atoms with Crippen LogP contribution in [0.1, 0.15) is 17.5 Å². The summed E-state index contributed by atoms with van der Waals surface area (Å²) in [6.07, 6.45) is -0.281. The quantitative estimate of drug-likeness (QED) is 0.820. The second-order valence-corrected chi connectivity index (χ2v) is 5.98. The molecule has 1 aliphatic rings. The molecule has 0 bridgehead atoms. The Morgan fingerprint density at radius 2 is 2.07 bits per heavy atom. The first-order valence-corrected chi connectivity index (χ1v) is 8.16. The third kappa shape index (κ3) is 3.37. The van der Waals surface area contributed by atoms with Crippen molar-refractivity contribution in [3.05, 3.63) is 76.4 Å². The van der Waals surface area contributed by atoms with E-state index in [1.54, 1.807) is 24.3 Å². The van der Waals surface area contributed by atoms with Gasteiger partial charge in [0.25, 0.3) is 5.91 Å². The van der Waals surface area contributed by atoms with Gasteiger partial charge in [0.2, 0.25) is 11.6 Å². The highest BCUT2D eigenvalue weighted by Gasteiger charge is 2.30. The zero-order chi connectivity index (χ0) is 19.6. The van der Waals surface area contributed by atoms with Crippen LogP contribution in [0.2, 0.25) is 0 Å². The summed E-state index contributed by atoms with van der Waals surface area (Å²) in [5.41, 5.74) is 1.21. The predicted octanol–water partition coefficient (Wildman–Crippen LogP) is 3.33. The molecule has 2 amide bonds. The largest absolute Gasteiger partial charge is 0.507 e. The van der Waals surface area contributed by atoms with Crippen LogP contribution in [0.15, 0.2) is 48.0 Å². The van der Waals surface area contributed by atoms with Gasteiger partial charge in [0, 0.05) is 19.2 Å². The molecule has 3 rings (SSSR count). The van der Waals surface area contributed by atoms with E-state index < -0.39 is 17.6 Å². The smallest absolute Gasteiger partial charge is 0.251 e. The Balaban J connectivity index is 2.06. The number of aliphatic hydroxyl groups is 1. The Kier molecular flexibility index (Phi) is 4.90. The molecule has 0 saturated carbocycles. The van der Waals surface area contributed by atoms with E-state index in [1.807, 2.05) is 0 Å². The molecule has 0 aliphatic carbocycles. The molecule has 0 spiro atoms. The summed E-state index contributed by atoms with van der Waals surface area (Å²) in [7, 11) is 1.42. The first kappa shape index (κ1) is 18.1. The van der Waals surface area contributed by atoms with E-state index in [1.165, 1.54) is 30.1 Å². The fourth-order valence-electron chi connectivity index (χ4n) is 2.97. The Hall–Kier alpha value is -3.66. The van der Waals surface area contributed by atoms with Crippen molar-refractivity contribution >= 4 is 28.9 Å². The van der Waals surface area contributed by atoms with Crippen molar-refractivity contribution < 1.29 is 19.1 Å². The van der Waals surface area contributed by atoms with Crippen molar-refractivity contribution in [1.82, 2.24) is 5.32 Å². The van der Waals surface area contributed by atoms with E-state index in [-0.39, 0.29) is 30.0 Å². The number of carbonyl (C=O) groups excluding carboxylic acids is 2. The molecular formula is C20H16FN3O3. The van der Waals surface area contributed by atoms with Crippen molar-refractivity contribution in [2.24, 2.45) is 0 Å². The third-order valence-corrected chi connectivity index (χ3v) is 4.34. The highest BCUT2D eigenvalue weighted by Crippen LogP contribution is 2.34. The number of benzene rings is 2. The molecule has 0 unspecified atom stereocenters. The topological polar surface area (TPSA) is 74.0 Å². The Morgan fingerprint density at radius 3 is 2.78 bits per heavy atom. The van der Waals surface area contributed by atoms with Crippen LogP contribution in [0, 0.1) is 12.4 Å². The Morgan fingerprint density at radius 1 is 1.33 bits per heavy atom. The van der Waals surface area contributed by atoms with Gasteiger partial charge in [0.1, 0.15) is 11.6 Å². The summed E-state index contributed by atoms with van der Waals surface area (Å²) in [6, 6.07) is 10.8. The van der Waals surface area contributed by atoms with Crippen LogP contribution in [0.5, 0.6) is 0 Å². The molecule has 27 heavy (non-hydrogen) atoms. The van der Waals surface area contributed by atoms with Gasteiger partial charge in [-0.15, -0.1) is 0 Å². The number of likely N-dealkylation sites (N-methyl/N-ethyl adjacent to an activating group) is 1. The van der Waals surface area contributed by atoms with Crippen molar-refractivity contribution in [1.29, 1.82) is 0 Å². The average molecular weight is 365 g/mol. The lowest BCUT2D eigenvalue weighted by atomic mass is 10.1. The summed E-state index contributed by atoms with van der Waals surface area (Å²) in [6.45, 7) is 7.11. The highest BCUT2D eigenvalue weighted by atomic mass is 19.1. The number of anilines is 1. The van der Waals surface area contributed by atoms with Crippen molar-refractivity contribution in [3.63, 3.8) is 0 Å². The Labute approximate surface area is 155 Å². The summed E-state index contributed by atoms with van der Waals surface area (Å²) < 4.78 is 13.6. The first-order chi connectivity index (χ1) is 13.0. The van der Waals surface area contributed by atoms with Crippen molar-refractivity contribution in [2.75, 3.05) is 11.9 Å². The second kappa shape index (κ2) is 7.30. The summed E-state index contributed by atoms with van der Waals surface area (Å²) in [5.74, 6) is -1.80. The van der Waals surface area contributed by atoms with Crippen molar-refractivity contribution in [3.8, 4) is 0 Å². The summed E-state index contributed by atoms with van der Waals surface area (Å²) in [5, 5.41) is 13.0. The van der Waals surface area contributed by atoms with Crippen LogP contribution in [0.25, 0.3) is 10.6 Å². The van der Waals surface area contributed by atoms with Gasteiger partial charge in [-0.3, -0.25) is 9.59 Å². The van der Waals surface area contributed by atoms with Crippen LogP contribution in [0.3, 0.4) is 0 Å². The van der Waals surface area contributed by atoms with Gasteiger partial charge >= 0.3 is 0 Å². The molecule has 2 N–H and O–H groups in total. The number of hydrogen-bond acceptors (Lipinski definition) is 3. The highest BCUT2D eigenvalue weighted by molar-refractivity contribution is 6.10. The SMILES string of the molecule is [C-]#[N+]c1cc(CN2C(=O)CC(C(=O)NC)=C(O)c3ccccc32)ccc1F. The molecule has 0 atom stereocenters. The molecule has 0 fully saturated rings. The maximum Gasteiger partial charge on any atom is 0.251 e. The fraction of sp³-hybridized carbons (Fsp3) is 0.150. The third-order valence-electron chi connectivity index (χ3n) is 4.34. The van der Waals surface area contributed by atoms with Gasteiger partial charge in [-0.25, -0.2) is 9.24 Å². The minimum atomic E-state index is -0.627. The van der Waals surface area contributed by atoms with E-state index in [0.717, 1.165) is 0 Å². The lowest BCUT2D eigenvalue weighted by Gasteiger charge is -2.23. The van der Waals surface area contributed by atoms with Gasteiger partial charge in [0.05, 0.1) is 24.3 Å². The molecule has 136 valence electrons. The maximum atomic E-state index is 13.6. The number of para-hydroxylation sites is 1. The molecule has 0 saturated heterocycles. The lowest BCUT2D eigenvalue weighted by molar-refractivity contribution is -0.121. The standard InChI is InChI=1S/C20H16FN3O3/c1-22-16-9-12(7-8-15(16)21)11-24-17-6-4-3-5-13(17)19(26)14(10-18(24)25)20(27)23-2/h3-9,26H,10-11H2,2H3,(H,23,27). The van der Waals surface area contributed by atoms with Gasteiger partial charge in [-0.1, -0.05) is 18.2 Å². The normalized spacial score (nSPS) is 13.7. The van der Waals surface area contributed by atoms with E-state index >= 15 is 0 Å². The van der Waals surface area contributed by atoms with Crippen LogP contribution in [-0.2, 0) is 16.1 Å². The number of amides is 2. The average Bonchev–Trinajstić information content (AvgIpc) is 2.79. The van der Waals surface area contributed by atoms with E-state index in [9.17, 15) is 19.1 Å². The predicted molar refractivity (Wildman–Crippen MR) is 98.5 cm³/mol. The number of fused-ring (bicyclic) bond motifs is 1. The number of nitrogens with zero attached hydrogens (tertiary/aromatic N) is 2. The van der Waals surface area contributed by atoms with Crippen LogP contribution >= 0.6 is 0 Å². The number of hydrogen-bond donors (Lipinski definition) is 2. The Bertz CT molecular complexity index is 1010. The van der Waals surface area contributed by atoms with E-state index in [4.69, 9.17) is 6.57 Å². The van der Waals surface area contributed by atoms with E-state index in [0.29, 0.717) is 16.8 Å². The monoisotopic (exact) mass is 365 g/mol. The molecule has 0 radical (unpaired) electrons. The first-order valence-electron chi connectivity index (χ1n) is 8.16. The molecular weight excluding hydrogens is 349 g/mol. The maximum absolute atomic E-state index is 13.6. The molecule has 0 aromatic heterocycles. The molecule has 6 nitrogen and oxygen atoms in total. The fourth-order valence-corrected chi connectivity index (χ4v) is 2.97.